The summed E-state index contributed by atoms with van der Waals surface area (Å²) in [4.78, 5) is 41.1. The Labute approximate surface area is 230 Å². The molecule has 3 rings (SSSR count). The van der Waals surface area contributed by atoms with Gasteiger partial charge < -0.3 is 24.6 Å². The van der Waals surface area contributed by atoms with Crippen LogP contribution < -0.4 is 10.1 Å². The van der Waals surface area contributed by atoms with Crippen molar-refractivity contribution in [2.24, 2.45) is 0 Å². The SMILES string of the molecule is CN(CC(=O)N1CCCCC1C(=O)Nc1ccc(-c2ccccc2OC(F)(F)F)c(Cl)c1)C(=O)OC(C)(C)C. The summed E-state index contributed by atoms with van der Waals surface area (Å²) in [5.74, 6) is -1.23. The van der Waals surface area contributed by atoms with Gasteiger partial charge in [0.15, 0.2) is 0 Å². The molecule has 2 aromatic rings. The summed E-state index contributed by atoms with van der Waals surface area (Å²) in [7, 11) is 1.45. The Bertz CT molecular complexity index is 1220. The fraction of sp³-hybridized carbons (Fsp3) is 0.444. The van der Waals surface area contributed by atoms with Crippen LogP contribution >= 0.6 is 11.6 Å². The van der Waals surface area contributed by atoms with Gasteiger partial charge >= 0.3 is 12.5 Å². The standard InChI is InChI=1S/C27H31ClF3N3O5/c1-26(2,3)39-25(37)33(4)16-23(35)34-14-8-7-10-21(34)24(36)32-17-12-13-18(20(28)15-17)19-9-5-6-11-22(19)38-27(29,30)31/h5-6,9,11-13,15,21H,7-8,10,14,16H2,1-4H3,(H,32,36). The van der Waals surface area contributed by atoms with Gasteiger partial charge in [0, 0.05) is 30.4 Å². The average molecular weight is 570 g/mol. The molecule has 1 saturated heterocycles. The Balaban J connectivity index is 1.72. The number of ether oxygens (including phenoxy) is 2. The zero-order valence-corrected chi connectivity index (χ0v) is 22.9. The number of piperidine rings is 1. The molecular weight excluding hydrogens is 539 g/mol. The van der Waals surface area contributed by atoms with Crippen LogP contribution in [0.4, 0.5) is 23.7 Å². The third-order valence-electron chi connectivity index (χ3n) is 5.84. The van der Waals surface area contributed by atoms with Crippen molar-refractivity contribution in [1.82, 2.24) is 9.80 Å². The Morgan fingerprint density at radius 1 is 1.08 bits per heavy atom. The minimum absolute atomic E-state index is 0.0987. The highest BCUT2D eigenvalue weighted by Gasteiger charge is 2.34. The highest BCUT2D eigenvalue weighted by molar-refractivity contribution is 6.33. The molecular formula is C27H31ClF3N3O5. The number of benzene rings is 2. The fourth-order valence-electron chi connectivity index (χ4n) is 4.14. The number of nitrogens with one attached hydrogen (secondary N) is 1. The lowest BCUT2D eigenvalue weighted by atomic mass is 10.0. The van der Waals surface area contributed by atoms with Crippen LogP contribution in [-0.4, -0.2) is 65.8 Å². The van der Waals surface area contributed by atoms with Gasteiger partial charge in [-0.15, -0.1) is 13.2 Å². The molecule has 1 aliphatic heterocycles. The number of anilines is 1. The molecule has 1 atom stereocenters. The van der Waals surface area contributed by atoms with Gasteiger partial charge in [0.1, 0.15) is 23.9 Å². The minimum Gasteiger partial charge on any atom is -0.444 e. The molecule has 0 saturated carbocycles. The second kappa shape index (κ2) is 12.1. The van der Waals surface area contributed by atoms with Crippen molar-refractivity contribution in [2.75, 3.05) is 25.5 Å². The number of hydrogen-bond acceptors (Lipinski definition) is 5. The number of hydrogen-bond donors (Lipinski definition) is 1. The largest absolute Gasteiger partial charge is 0.573 e. The predicted molar refractivity (Wildman–Crippen MR) is 140 cm³/mol. The second-order valence-corrected chi connectivity index (χ2v) is 10.6. The number of nitrogens with zero attached hydrogens (tertiary/aromatic N) is 2. The molecule has 8 nitrogen and oxygen atoms in total. The van der Waals surface area contributed by atoms with Gasteiger partial charge in [0.25, 0.3) is 0 Å². The van der Waals surface area contributed by atoms with Crippen LogP contribution in [0.1, 0.15) is 40.0 Å². The summed E-state index contributed by atoms with van der Waals surface area (Å²) in [6, 6.07) is 9.24. The molecule has 1 fully saturated rings. The normalized spacial score (nSPS) is 15.9. The van der Waals surface area contributed by atoms with Gasteiger partial charge in [-0.3, -0.25) is 9.59 Å². The number of carbonyl (C=O) groups is 3. The first-order chi connectivity index (χ1) is 18.1. The number of alkyl halides is 3. The lowest BCUT2D eigenvalue weighted by Crippen LogP contribution is -2.53. The smallest absolute Gasteiger partial charge is 0.444 e. The van der Waals surface area contributed by atoms with Gasteiger partial charge in [-0.25, -0.2) is 4.79 Å². The highest BCUT2D eigenvalue weighted by atomic mass is 35.5. The first kappa shape index (κ1) is 30.1. The molecule has 2 aromatic carbocycles. The number of likely N-dealkylation sites (tertiary alicyclic amines) is 1. The molecule has 0 radical (unpaired) electrons. The molecule has 0 spiro atoms. The summed E-state index contributed by atoms with van der Waals surface area (Å²) in [5.41, 5.74) is 0.0171. The van der Waals surface area contributed by atoms with Crippen LogP contribution in [0, 0.1) is 0 Å². The van der Waals surface area contributed by atoms with Crippen molar-refractivity contribution in [1.29, 1.82) is 0 Å². The fourth-order valence-corrected chi connectivity index (χ4v) is 4.42. The van der Waals surface area contributed by atoms with Crippen molar-refractivity contribution in [3.8, 4) is 16.9 Å². The second-order valence-electron chi connectivity index (χ2n) is 10.2. The van der Waals surface area contributed by atoms with Crippen molar-refractivity contribution in [3.63, 3.8) is 0 Å². The molecule has 1 N–H and O–H groups in total. The molecule has 0 aromatic heterocycles. The van der Waals surface area contributed by atoms with Gasteiger partial charge in [-0.2, -0.15) is 0 Å². The maximum Gasteiger partial charge on any atom is 0.573 e. The van der Waals surface area contributed by atoms with Crippen molar-refractivity contribution in [3.05, 3.63) is 47.5 Å². The van der Waals surface area contributed by atoms with E-state index in [0.717, 1.165) is 11.3 Å². The van der Waals surface area contributed by atoms with E-state index in [2.05, 4.69) is 10.1 Å². The van der Waals surface area contributed by atoms with Gasteiger partial charge in [-0.05, 0) is 58.2 Å². The number of para-hydroxylation sites is 1. The maximum absolute atomic E-state index is 13.2. The van der Waals surface area contributed by atoms with E-state index in [9.17, 15) is 27.6 Å². The van der Waals surface area contributed by atoms with Crippen molar-refractivity contribution >= 4 is 35.2 Å². The van der Waals surface area contributed by atoms with Crippen molar-refractivity contribution < 1.29 is 37.0 Å². The van der Waals surface area contributed by atoms with E-state index < -0.39 is 41.7 Å². The molecule has 0 bridgehead atoms. The van der Waals surface area contributed by atoms with Crippen LogP contribution in [0.25, 0.3) is 11.1 Å². The number of halogens is 4. The van der Waals surface area contributed by atoms with Crippen LogP contribution in [0.15, 0.2) is 42.5 Å². The number of carbonyl (C=O) groups excluding carboxylic acids is 3. The number of amides is 3. The summed E-state index contributed by atoms with van der Waals surface area (Å²) in [6.07, 6.45) is -3.64. The van der Waals surface area contributed by atoms with Crippen LogP contribution in [0.5, 0.6) is 5.75 Å². The van der Waals surface area contributed by atoms with Crippen molar-refractivity contribution in [2.45, 2.75) is 58.0 Å². The van der Waals surface area contributed by atoms with E-state index in [1.165, 1.54) is 48.3 Å². The zero-order valence-electron chi connectivity index (χ0n) is 22.1. The topological polar surface area (TPSA) is 88.2 Å². The van der Waals surface area contributed by atoms with E-state index >= 15 is 0 Å². The first-order valence-electron chi connectivity index (χ1n) is 12.3. The molecule has 12 heteroatoms. The first-order valence-corrected chi connectivity index (χ1v) is 12.7. The maximum atomic E-state index is 13.2. The summed E-state index contributed by atoms with van der Waals surface area (Å²) >= 11 is 6.39. The predicted octanol–water partition coefficient (Wildman–Crippen LogP) is 6.09. The molecule has 39 heavy (non-hydrogen) atoms. The van der Waals surface area contributed by atoms with Crippen LogP contribution in [0.3, 0.4) is 0 Å². The molecule has 1 unspecified atom stereocenters. The molecule has 3 amide bonds. The Morgan fingerprint density at radius 3 is 2.41 bits per heavy atom. The van der Waals surface area contributed by atoms with Gasteiger partial charge in [0.05, 0.1) is 5.02 Å². The summed E-state index contributed by atoms with van der Waals surface area (Å²) < 4.78 is 47.9. The van der Waals surface area contributed by atoms with Gasteiger partial charge in [-0.1, -0.05) is 35.9 Å². The average Bonchev–Trinajstić information content (AvgIpc) is 2.82. The third-order valence-corrected chi connectivity index (χ3v) is 6.16. The monoisotopic (exact) mass is 569 g/mol. The van der Waals surface area contributed by atoms with E-state index in [4.69, 9.17) is 16.3 Å². The lowest BCUT2D eigenvalue weighted by Gasteiger charge is -2.35. The van der Waals surface area contributed by atoms with Gasteiger partial charge in [0.2, 0.25) is 11.8 Å². The van der Waals surface area contributed by atoms with E-state index in [0.29, 0.717) is 25.1 Å². The number of rotatable bonds is 6. The summed E-state index contributed by atoms with van der Waals surface area (Å²) in [5, 5.41) is 2.84. The van der Waals surface area contributed by atoms with E-state index in [1.807, 2.05) is 0 Å². The molecule has 1 aliphatic rings. The lowest BCUT2D eigenvalue weighted by molar-refractivity contribution is -0.274. The number of likely N-dealkylation sites (N-methyl/N-ethyl adjacent to an activating group) is 1. The molecule has 0 aliphatic carbocycles. The summed E-state index contributed by atoms with van der Waals surface area (Å²) in [6.45, 7) is 5.27. The molecule has 212 valence electrons. The van der Waals surface area contributed by atoms with Crippen LogP contribution in [-0.2, 0) is 14.3 Å². The highest BCUT2D eigenvalue weighted by Crippen LogP contribution is 2.38. The third kappa shape index (κ3) is 8.51. The Hall–Kier alpha value is -3.47. The van der Waals surface area contributed by atoms with E-state index in [1.54, 1.807) is 26.8 Å². The zero-order chi connectivity index (χ0) is 29.0. The Morgan fingerprint density at radius 2 is 1.77 bits per heavy atom. The van der Waals surface area contributed by atoms with E-state index in [-0.39, 0.29) is 22.7 Å². The Kier molecular flexibility index (Phi) is 9.37. The minimum atomic E-state index is -4.87. The quantitative estimate of drug-likeness (QED) is 0.455. The molecule has 1 heterocycles. The van der Waals surface area contributed by atoms with Crippen LogP contribution in [0.2, 0.25) is 5.02 Å².